The average Bonchev–Trinajstić information content (AvgIpc) is 3.15. The van der Waals surface area contributed by atoms with E-state index >= 15 is 0 Å². The first kappa shape index (κ1) is 12.6. The van der Waals surface area contributed by atoms with Gasteiger partial charge in [0, 0.05) is 0 Å². The summed E-state index contributed by atoms with van der Waals surface area (Å²) in [6.07, 6.45) is 2.58. The van der Waals surface area contributed by atoms with E-state index in [1.165, 1.54) is 5.56 Å². The van der Waals surface area contributed by atoms with Crippen LogP contribution in [0.1, 0.15) is 18.2 Å². The SMILES string of the molecule is CCc1ccc(-n2nnc(CO)c2-c2ccco2)cc1. The number of hydrogen-bond acceptors (Lipinski definition) is 4. The average molecular weight is 269 g/mol. The summed E-state index contributed by atoms with van der Waals surface area (Å²) in [7, 11) is 0. The summed E-state index contributed by atoms with van der Waals surface area (Å²) >= 11 is 0. The smallest absolute Gasteiger partial charge is 0.154 e. The second kappa shape index (κ2) is 5.30. The molecule has 1 aromatic carbocycles. The standard InChI is InChI=1S/C15H15N3O2/c1-2-11-5-7-12(8-6-11)18-15(13(10-19)16-17-18)14-4-3-9-20-14/h3-9,19H,2,10H2,1H3. The number of furan rings is 1. The van der Waals surface area contributed by atoms with Gasteiger partial charge < -0.3 is 9.52 Å². The molecule has 3 rings (SSSR count). The maximum Gasteiger partial charge on any atom is 0.154 e. The normalized spacial score (nSPS) is 10.9. The van der Waals surface area contributed by atoms with Crippen molar-refractivity contribution in [3.63, 3.8) is 0 Å². The minimum Gasteiger partial charge on any atom is -0.463 e. The van der Waals surface area contributed by atoms with Crippen molar-refractivity contribution in [1.29, 1.82) is 0 Å². The predicted molar refractivity (Wildman–Crippen MR) is 74.4 cm³/mol. The van der Waals surface area contributed by atoms with E-state index in [1.807, 2.05) is 18.2 Å². The lowest BCUT2D eigenvalue weighted by molar-refractivity contribution is 0.277. The quantitative estimate of drug-likeness (QED) is 0.790. The Balaban J connectivity index is 2.11. The van der Waals surface area contributed by atoms with Gasteiger partial charge in [-0.05, 0) is 36.2 Å². The Kier molecular flexibility index (Phi) is 3.35. The number of benzene rings is 1. The van der Waals surface area contributed by atoms with Crippen LogP contribution in [0.3, 0.4) is 0 Å². The molecule has 3 aromatic rings. The summed E-state index contributed by atoms with van der Waals surface area (Å²) in [6, 6.07) is 11.7. The molecule has 0 amide bonds. The molecule has 0 aliphatic heterocycles. The molecule has 0 spiro atoms. The molecule has 0 aliphatic rings. The number of aliphatic hydroxyl groups excluding tert-OH is 1. The number of aliphatic hydroxyl groups is 1. The van der Waals surface area contributed by atoms with Crippen molar-refractivity contribution in [2.75, 3.05) is 0 Å². The minimum absolute atomic E-state index is 0.178. The molecule has 0 bridgehead atoms. The van der Waals surface area contributed by atoms with E-state index in [0.717, 1.165) is 12.1 Å². The second-order valence-electron chi connectivity index (χ2n) is 4.45. The van der Waals surface area contributed by atoms with Crippen LogP contribution in [0.15, 0.2) is 47.1 Å². The van der Waals surface area contributed by atoms with E-state index in [2.05, 4.69) is 29.4 Å². The summed E-state index contributed by atoms with van der Waals surface area (Å²) in [4.78, 5) is 0. The van der Waals surface area contributed by atoms with E-state index in [4.69, 9.17) is 4.42 Å². The Hall–Kier alpha value is -2.40. The highest BCUT2D eigenvalue weighted by Gasteiger charge is 2.17. The largest absolute Gasteiger partial charge is 0.463 e. The van der Waals surface area contributed by atoms with Crippen LogP contribution in [0.2, 0.25) is 0 Å². The predicted octanol–water partition coefficient (Wildman–Crippen LogP) is 2.58. The van der Waals surface area contributed by atoms with Gasteiger partial charge in [0.2, 0.25) is 0 Å². The third kappa shape index (κ3) is 2.12. The number of aromatic nitrogens is 3. The van der Waals surface area contributed by atoms with Crippen molar-refractivity contribution in [2.45, 2.75) is 20.0 Å². The Labute approximate surface area is 116 Å². The van der Waals surface area contributed by atoms with Gasteiger partial charge in [0.25, 0.3) is 0 Å². The second-order valence-corrected chi connectivity index (χ2v) is 4.45. The molecule has 5 nitrogen and oxygen atoms in total. The highest BCUT2D eigenvalue weighted by Crippen LogP contribution is 2.25. The van der Waals surface area contributed by atoms with Crippen LogP contribution in [0.5, 0.6) is 0 Å². The number of hydrogen-bond donors (Lipinski definition) is 1. The van der Waals surface area contributed by atoms with E-state index < -0.39 is 0 Å². The highest BCUT2D eigenvalue weighted by atomic mass is 16.3. The molecule has 0 aliphatic carbocycles. The van der Waals surface area contributed by atoms with Gasteiger partial charge in [-0.3, -0.25) is 0 Å². The van der Waals surface area contributed by atoms with E-state index in [1.54, 1.807) is 17.0 Å². The van der Waals surface area contributed by atoms with Gasteiger partial charge in [0.15, 0.2) is 5.76 Å². The maximum absolute atomic E-state index is 9.40. The van der Waals surface area contributed by atoms with Crippen LogP contribution in [0, 0.1) is 0 Å². The summed E-state index contributed by atoms with van der Waals surface area (Å²) in [5.41, 5.74) is 3.33. The Morgan fingerprint density at radius 3 is 2.60 bits per heavy atom. The van der Waals surface area contributed by atoms with Crippen LogP contribution >= 0.6 is 0 Å². The molecule has 0 atom stereocenters. The molecular formula is C15H15N3O2. The van der Waals surface area contributed by atoms with Gasteiger partial charge in [-0.1, -0.05) is 24.3 Å². The molecule has 2 aromatic heterocycles. The Morgan fingerprint density at radius 2 is 2.00 bits per heavy atom. The lowest BCUT2D eigenvalue weighted by Gasteiger charge is -2.06. The van der Waals surface area contributed by atoms with Crippen LogP contribution in [0.25, 0.3) is 17.1 Å². The Morgan fingerprint density at radius 1 is 1.20 bits per heavy atom. The molecule has 0 radical (unpaired) electrons. The molecule has 0 unspecified atom stereocenters. The third-order valence-electron chi connectivity index (χ3n) is 3.23. The number of nitrogens with zero attached hydrogens (tertiary/aromatic N) is 3. The molecule has 0 saturated heterocycles. The topological polar surface area (TPSA) is 64.1 Å². The first-order valence-corrected chi connectivity index (χ1v) is 6.52. The van der Waals surface area contributed by atoms with Crippen molar-refractivity contribution in [3.8, 4) is 17.1 Å². The van der Waals surface area contributed by atoms with Gasteiger partial charge >= 0.3 is 0 Å². The summed E-state index contributed by atoms with van der Waals surface area (Å²) in [6.45, 7) is 1.94. The monoisotopic (exact) mass is 269 g/mol. The van der Waals surface area contributed by atoms with Gasteiger partial charge in [0.1, 0.15) is 11.4 Å². The van der Waals surface area contributed by atoms with Crippen molar-refractivity contribution >= 4 is 0 Å². The van der Waals surface area contributed by atoms with E-state index in [0.29, 0.717) is 17.1 Å². The fourth-order valence-electron chi connectivity index (χ4n) is 2.13. The minimum atomic E-state index is -0.178. The van der Waals surface area contributed by atoms with Crippen molar-refractivity contribution in [3.05, 3.63) is 53.9 Å². The van der Waals surface area contributed by atoms with Gasteiger partial charge in [-0.2, -0.15) is 0 Å². The summed E-state index contributed by atoms with van der Waals surface area (Å²) in [5.74, 6) is 0.638. The zero-order valence-electron chi connectivity index (χ0n) is 11.2. The molecule has 2 heterocycles. The molecule has 20 heavy (non-hydrogen) atoms. The number of rotatable bonds is 4. The lowest BCUT2D eigenvalue weighted by Crippen LogP contribution is -2.00. The maximum atomic E-state index is 9.40. The van der Waals surface area contributed by atoms with Crippen molar-refractivity contribution < 1.29 is 9.52 Å². The van der Waals surface area contributed by atoms with Gasteiger partial charge in [0.05, 0.1) is 18.6 Å². The first-order valence-electron chi connectivity index (χ1n) is 6.52. The van der Waals surface area contributed by atoms with Crippen molar-refractivity contribution in [2.24, 2.45) is 0 Å². The Bertz CT molecular complexity index is 684. The molecule has 102 valence electrons. The third-order valence-corrected chi connectivity index (χ3v) is 3.23. The summed E-state index contributed by atoms with van der Waals surface area (Å²) < 4.78 is 7.10. The molecule has 0 saturated carbocycles. The van der Waals surface area contributed by atoms with E-state index in [9.17, 15) is 5.11 Å². The molecular weight excluding hydrogens is 254 g/mol. The highest BCUT2D eigenvalue weighted by molar-refractivity contribution is 5.58. The molecule has 1 N–H and O–H groups in total. The van der Waals surface area contributed by atoms with Crippen LogP contribution in [-0.4, -0.2) is 20.1 Å². The van der Waals surface area contributed by atoms with Crippen molar-refractivity contribution in [1.82, 2.24) is 15.0 Å². The number of aryl methyl sites for hydroxylation is 1. The first-order chi connectivity index (χ1) is 9.83. The molecule has 0 fully saturated rings. The molecule has 5 heteroatoms. The van der Waals surface area contributed by atoms with Crippen LogP contribution in [-0.2, 0) is 13.0 Å². The van der Waals surface area contributed by atoms with Gasteiger partial charge in [-0.15, -0.1) is 5.10 Å². The zero-order valence-corrected chi connectivity index (χ0v) is 11.2. The van der Waals surface area contributed by atoms with Gasteiger partial charge in [-0.25, -0.2) is 4.68 Å². The fraction of sp³-hybridized carbons (Fsp3) is 0.200. The summed E-state index contributed by atoms with van der Waals surface area (Å²) in [5, 5.41) is 17.5. The fourth-order valence-corrected chi connectivity index (χ4v) is 2.13. The van der Waals surface area contributed by atoms with Crippen LogP contribution in [0.4, 0.5) is 0 Å². The lowest BCUT2D eigenvalue weighted by atomic mass is 10.1. The van der Waals surface area contributed by atoms with E-state index in [-0.39, 0.29) is 6.61 Å². The van der Waals surface area contributed by atoms with Crippen LogP contribution < -0.4 is 0 Å². The zero-order chi connectivity index (χ0) is 13.9.